The number of hydrogen-bond donors (Lipinski definition) is 3. The molecule has 4 rings (SSSR count). The van der Waals surface area contributed by atoms with E-state index in [2.05, 4.69) is 6.92 Å². The summed E-state index contributed by atoms with van der Waals surface area (Å²) in [6.45, 7) is 2.26. The summed E-state index contributed by atoms with van der Waals surface area (Å²) in [4.78, 5) is 18.0. The van der Waals surface area contributed by atoms with E-state index in [1.54, 1.807) is 12.1 Å². The maximum Gasteiger partial charge on any atom is 0.524 e. The third-order valence-electron chi connectivity index (χ3n) is 6.87. The average Bonchev–Trinajstić information content (AvgIpc) is 2.81. The molecule has 0 heterocycles. The lowest BCUT2D eigenvalue weighted by Crippen LogP contribution is -2.43. The van der Waals surface area contributed by atoms with Crippen molar-refractivity contribution in [3.05, 3.63) is 29.3 Å². The zero-order valence-electron chi connectivity index (χ0n) is 13.9. The van der Waals surface area contributed by atoms with E-state index in [0.29, 0.717) is 17.8 Å². The summed E-state index contributed by atoms with van der Waals surface area (Å²) < 4.78 is 15.8. The van der Waals surface area contributed by atoms with Crippen molar-refractivity contribution < 1.29 is 24.0 Å². The summed E-state index contributed by atoms with van der Waals surface area (Å²) in [6.07, 6.45) is 6.02. The van der Waals surface area contributed by atoms with Gasteiger partial charge in [0.2, 0.25) is 0 Å². The highest BCUT2D eigenvalue weighted by atomic mass is 31.2. The number of aryl methyl sites for hydroxylation is 1. The zero-order valence-corrected chi connectivity index (χ0v) is 14.8. The lowest BCUT2D eigenvalue weighted by Gasteiger charge is -2.50. The Morgan fingerprint density at radius 1 is 1.21 bits per heavy atom. The Morgan fingerprint density at radius 3 is 2.75 bits per heavy atom. The van der Waals surface area contributed by atoms with E-state index in [-0.39, 0.29) is 17.3 Å². The molecule has 5 nitrogen and oxygen atoms in total. The van der Waals surface area contributed by atoms with Gasteiger partial charge in [-0.15, -0.1) is 0 Å². The second-order valence-corrected chi connectivity index (χ2v) is 9.16. The normalized spacial score (nSPS) is 38.2. The molecule has 0 unspecified atom stereocenters. The quantitative estimate of drug-likeness (QED) is 0.711. The molecule has 3 aliphatic carbocycles. The summed E-state index contributed by atoms with van der Waals surface area (Å²) in [5.41, 5.74) is 2.54. The van der Waals surface area contributed by atoms with Gasteiger partial charge in [-0.2, -0.15) is 0 Å². The minimum atomic E-state index is -4.51. The SMILES string of the molecule is C[C@]12CC[C@H]3c4ccc(OP(=O)(O)O)cc4CC[C@@H]3[C@@H]1CC[C@@H]2O. The van der Waals surface area contributed by atoms with Crippen LogP contribution in [0, 0.1) is 17.3 Å². The fourth-order valence-electron chi connectivity index (χ4n) is 5.73. The van der Waals surface area contributed by atoms with E-state index in [9.17, 15) is 9.67 Å². The van der Waals surface area contributed by atoms with E-state index in [1.165, 1.54) is 5.56 Å². The van der Waals surface area contributed by atoms with Crippen LogP contribution in [0.1, 0.15) is 56.1 Å². The first-order valence-corrected chi connectivity index (χ1v) is 10.4. The van der Waals surface area contributed by atoms with Crippen LogP contribution in [0.3, 0.4) is 0 Å². The molecular weight excluding hydrogens is 327 g/mol. The van der Waals surface area contributed by atoms with Gasteiger partial charge in [0, 0.05) is 0 Å². The second kappa shape index (κ2) is 5.57. The van der Waals surface area contributed by atoms with Gasteiger partial charge >= 0.3 is 7.82 Å². The van der Waals surface area contributed by atoms with Crippen molar-refractivity contribution in [3.8, 4) is 5.75 Å². The molecule has 0 radical (unpaired) electrons. The molecule has 2 saturated carbocycles. The lowest BCUT2D eigenvalue weighted by molar-refractivity contribution is -0.0226. The number of fused-ring (bicyclic) bond motifs is 5. The molecule has 0 aliphatic heterocycles. The predicted octanol–water partition coefficient (Wildman–Crippen LogP) is 3.38. The maximum absolute atomic E-state index is 11.0. The molecule has 0 spiro atoms. The molecule has 6 heteroatoms. The molecule has 0 amide bonds. The Balaban J connectivity index is 1.62. The molecule has 0 saturated heterocycles. The number of benzene rings is 1. The van der Waals surface area contributed by atoms with Gasteiger partial charge in [-0.1, -0.05) is 13.0 Å². The molecule has 132 valence electrons. The predicted molar refractivity (Wildman–Crippen MR) is 89.7 cm³/mol. The molecule has 3 aliphatic rings. The second-order valence-electron chi connectivity index (χ2n) is 8.00. The van der Waals surface area contributed by atoms with Crippen molar-refractivity contribution >= 4 is 7.82 Å². The minimum Gasteiger partial charge on any atom is -0.404 e. The highest BCUT2D eigenvalue weighted by Crippen LogP contribution is 2.61. The van der Waals surface area contributed by atoms with Crippen molar-refractivity contribution in [2.75, 3.05) is 0 Å². The number of rotatable bonds is 2. The van der Waals surface area contributed by atoms with Gasteiger partial charge in [-0.05, 0) is 85.0 Å². The Hall–Kier alpha value is -0.870. The number of aliphatic hydroxyl groups excluding tert-OH is 1. The topological polar surface area (TPSA) is 87.0 Å². The molecule has 5 atom stereocenters. The van der Waals surface area contributed by atoms with Gasteiger partial charge < -0.3 is 9.63 Å². The van der Waals surface area contributed by atoms with Crippen molar-refractivity contribution in [2.45, 2.75) is 57.5 Å². The van der Waals surface area contributed by atoms with Crippen LogP contribution in [-0.2, 0) is 11.0 Å². The number of phosphoric acid groups is 1. The van der Waals surface area contributed by atoms with Crippen LogP contribution in [0.2, 0.25) is 0 Å². The van der Waals surface area contributed by atoms with Gasteiger partial charge in [-0.3, -0.25) is 9.79 Å². The summed E-state index contributed by atoms with van der Waals surface area (Å²) in [6, 6.07) is 5.46. The molecule has 0 bridgehead atoms. The molecule has 1 aromatic carbocycles. The Bertz CT molecular complexity index is 699. The van der Waals surface area contributed by atoms with E-state index in [1.807, 2.05) is 6.07 Å². The van der Waals surface area contributed by atoms with Gasteiger partial charge in [0.15, 0.2) is 0 Å². The minimum absolute atomic E-state index is 0.0716. The summed E-state index contributed by atoms with van der Waals surface area (Å²) in [5.74, 6) is 1.95. The number of aliphatic hydroxyl groups is 1. The van der Waals surface area contributed by atoms with Crippen molar-refractivity contribution in [1.82, 2.24) is 0 Å². The Morgan fingerprint density at radius 2 is 2.00 bits per heavy atom. The van der Waals surface area contributed by atoms with Gasteiger partial charge in [0.25, 0.3) is 0 Å². The fraction of sp³-hybridized carbons (Fsp3) is 0.667. The first-order chi connectivity index (χ1) is 11.3. The smallest absolute Gasteiger partial charge is 0.404 e. The van der Waals surface area contributed by atoms with Crippen LogP contribution < -0.4 is 4.52 Å². The van der Waals surface area contributed by atoms with Crippen molar-refractivity contribution in [1.29, 1.82) is 0 Å². The first kappa shape index (κ1) is 16.6. The molecule has 24 heavy (non-hydrogen) atoms. The van der Waals surface area contributed by atoms with Crippen LogP contribution in [0.25, 0.3) is 0 Å². The lowest BCUT2D eigenvalue weighted by atomic mass is 9.55. The van der Waals surface area contributed by atoms with Crippen LogP contribution >= 0.6 is 7.82 Å². The fourth-order valence-corrected chi connectivity index (χ4v) is 6.11. The van der Waals surface area contributed by atoms with Crippen LogP contribution in [0.15, 0.2) is 18.2 Å². The largest absolute Gasteiger partial charge is 0.524 e. The molecule has 2 fully saturated rings. The average molecular weight is 352 g/mol. The van der Waals surface area contributed by atoms with Crippen LogP contribution in [-0.4, -0.2) is 21.0 Å². The number of hydrogen-bond acceptors (Lipinski definition) is 3. The van der Waals surface area contributed by atoms with E-state index < -0.39 is 7.82 Å². The first-order valence-electron chi connectivity index (χ1n) is 8.84. The van der Waals surface area contributed by atoms with Crippen molar-refractivity contribution in [2.24, 2.45) is 17.3 Å². The molecule has 1 aromatic rings. The van der Waals surface area contributed by atoms with E-state index >= 15 is 0 Å². The number of phosphoric ester groups is 1. The third-order valence-corrected chi connectivity index (χ3v) is 7.32. The third kappa shape index (κ3) is 2.62. The summed E-state index contributed by atoms with van der Waals surface area (Å²) in [5, 5.41) is 10.4. The Kier molecular flexibility index (Phi) is 3.85. The van der Waals surface area contributed by atoms with E-state index in [0.717, 1.165) is 44.1 Å². The summed E-state index contributed by atoms with van der Waals surface area (Å²) >= 11 is 0. The Labute approximate surface area is 142 Å². The molecule has 0 aromatic heterocycles. The van der Waals surface area contributed by atoms with Crippen molar-refractivity contribution in [3.63, 3.8) is 0 Å². The molecule has 3 N–H and O–H groups in total. The highest BCUT2D eigenvalue weighted by molar-refractivity contribution is 7.46. The monoisotopic (exact) mass is 352 g/mol. The van der Waals surface area contributed by atoms with Gasteiger partial charge in [0.1, 0.15) is 5.75 Å². The van der Waals surface area contributed by atoms with Gasteiger partial charge in [0.05, 0.1) is 6.10 Å². The zero-order chi connectivity index (χ0) is 17.1. The van der Waals surface area contributed by atoms with Gasteiger partial charge in [-0.25, -0.2) is 4.57 Å². The molecular formula is C18H25O5P. The van der Waals surface area contributed by atoms with Crippen LogP contribution in [0.4, 0.5) is 0 Å². The summed E-state index contributed by atoms with van der Waals surface area (Å²) in [7, 11) is -4.51. The highest BCUT2D eigenvalue weighted by Gasteiger charge is 2.54. The standard InChI is InChI=1S/C18H25O5P/c1-18-9-8-14-13-5-3-12(23-24(20,21)22)10-11(13)2-4-15(14)16(18)6-7-17(18)19/h3,5,10,14-17,19H,2,4,6-9H2,1H3,(H2,20,21,22)/t14-,15-,16-,17-,18-/m0/s1. The van der Waals surface area contributed by atoms with E-state index in [4.69, 9.17) is 14.3 Å². The van der Waals surface area contributed by atoms with Crippen LogP contribution in [0.5, 0.6) is 5.75 Å². The maximum atomic E-state index is 11.0.